The molecule has 0 saturated carbocycles. The van der Waals surface area contributed by atoms with E-state index in [2.05, 4.69) is 32.2 Å². The number of piperazine rings is 1. The van der Waals surface area contributed by atoms with Crippen molar-refractivity contribution in [1.82, 2.24) is 30.0 Å². The zero-order valence-corrected chi connectivity index (χ0v) is 19.8. The quantitative estimate of drug-likeness (QED) is 0.496. The van der Waals surface area contributed by atoms with E-state index in [1.165, 1.54) is 0 Å². The van der Waals surface area contributed by atoms with Crippen molar-refractivity contribution in [2.75, 3.05) is 53.7 Å². The Morgan fingerprint density at radius 3 is 2.56 bits per heavy atom. The van der Waals surface area contributed by atoms with Crippen LogP contribution < -0.4 is 18.9 Å². The number of aromatic nitrogens is 4. The van der Waals surface area contributed by atoms with E-state index in [-0.39, 0.29) is 12.8 Å². The second kappa shape index (κ2) is 9.86. The van der Waals surface area contributed by atoms with Crippen LogP contribution in [-0.2, 0) is 6.54 Å². The standard InChI is InChI=1S/C24H30N6O4/c1-4-28-9-11-29(12-10-28)23(19-14-18(31-2)6-8-20(19)32-3)24-25-26-27-30(24)15-17-5-7-21-22(13-17)34-16-33-21/h5-8,13-14,23H,4,9-12,15-16H2,1-3H3/t23-/m0/s1. The minimum absolute atomic E-state index is 0.187. The first-order chi connectivity index (χ1) is 16.7. The molecule has 0 unspecified atom stereocenters. The van der Waals surface area contributed by atoms with Crippen LogP contribution in [0.25, 0.3) is 0 Å². The number of hydrogen-bond acceptors (Lipinski definition) is 9. The molecular weight excluding hydrogens is 436 g/mol. The molecule has 0 radical (unpaired) electrons. The first-order valence-corrected chi connectivity index (χ1v) is 11.5. The van der Waals surface area contributed by atoms with E-state index in [0.29, 0.717) is 6.54 Å². The van der Waals surface area contributed by atoms with E-state index in [1.807, 2.05) is 41.1 Å². The van der Waals surface area contributed by atoms with Gasteiger partial charge >= 0.3 is 0 Å². The van der Waals surface area contributed by atoms with Crippen LogP contribution in [0, 0.1) is 0 Å². The first-order valence-electron chi connectivity index (χ1n) is 11.5. The summed E-state index contributed by atoms with van der Waals surface area (Å²) in [5.41, 5.74) is 2.01. The van der Waals surface area contributed by atoms with Gasteiger partial charge in [0.05, 0.1) is 20.8 Å². The van der Waals surface area contributed by atoms with Gasteiger partial charge in [-0.05, 0) is 52.9 Å². The molecule has 10 nitrogen and oxygen atoms in total. The number of methoxy groups -OCH3 is 2. The Morgan fingerprint density at radius 1 is 0.971 bits per heavy atom. The van der Waals surface area contributed by atoms with Crippen molar-refractivity contribution in [3.05, 3.63) is 53.3 Å². The lowest BCUT2D eigenvalue weighted by atomic mass is 10.0. The van der Waals surface area contributed by atoms with Gasteiger partial charge in [0.2, 0.25) is 6.79 Å². The average molecular weight is 467 g/mol. The zero-order valence-electron chi connectivity index (χ0n) is 19.8. The predicted molar refractivity (Wildman–Crippen MR) is 125 cm³/mol. The summed E-state index contributed by atoms with van der Waals surface area (Å²) in [6.45, 7) is 7.78. The highest BCUT2D eigenvalue weighted by Gasteiger charge is 2.33. The van der Waals surface area contributed by atoms with Crippen LogP contribution in [-0.4, -0.2) is 83.7 Å². The third kappa shape index (κ3) is 4.38. The van der Waals surface area contributed by atoms with E-state index < -0.39 is 0 Å². The summed E-state index contributed by atoms with van der Waals surface area (Å²) in [6, 6.07) is 11.6. The van der Waals surface area contributed by atoms with Crippen molar-refractivity contribution < 1.29 is 18.9 Å². The Morgan fingerprint density at radius 2 is 1.79 bits per heavy atom. The maximum atomic E-state index is 5.76. The van der Waals surface area contributed by atoms with E-state index in [1.54, 1.807) is 14.2 Å². The molecule has 2 aromatic carbocycles. The van der Waals surface area contributed by atoms with Crippen molar-refractivity contribution >= 4 is 0 Å². The van der Waals surface area contributed by atoms with E-state index in [9.17, 15) is 0 Å². The summed E-state index contributed by atoms with van der Waals surface area (Å²) in [6.07, 6.45) is 0. The Balaban J connectivity index is 1.52. The summed E-state index contributed by atoms with van der Waals surface area (Å²) in [7, 11) is 3.36. The number of ether oxygens (including phenoxy) is 4. The Kier molecular flexibility index (Phi) is 6.50. The molecule has 180 valence electrons. The number of likely N-dealkylation sites (N-methyl/N-ethyl adjacent to an activating group) is 1. The molecule has 3 heterocycles. The third-order valence-corrected chi connectivity index (χ3v) is 6.52. The summed E-state index contributed by atoms with van der Waals surface area (Å²) < 4.78 is 24.2. The smallest absolute Gasteiger partial charge is 0.231 e. The van der Waals surface area contributed by atoms with Gasteiger partial charge in [-0.2, -0.15) is 0 Å². The fourth-order valence-corrected chi connectivity index (χ4v) is 4.62. The van der Waals surface area contributed by atoms with E-state index in [4.69, 9.17) is 18.9 Å². The summed E-state index contributed by atoms with van der Waals surface area (Å²) >= 11 is 0. The second-order valence-corrected chi connectivity index (χ2v) is 8.36. The number of tetrazole rings is 1. The van der Waals surface area contributed by atoms with Gasteiger partial charge in [0.1, 0.15) is 17.5 Å². The average Bonchev–Trinajstić information content (AvgIpc) is 3.54. The Bertz CT molecular complexity index is 1130. The van der Waals surface area contributed by atoms with Gasteiger partial charge in [-0.3, -0.25) is 4.90 Å². The van der Waals surface area contributed by atoms with Crippen molar-refractivity contribution in [3.8, 4) is 23.0 Å². The summed E-state index contributed by atoms with van der Waals surface area (Å²) in [4.78, 5) is 4.87. The molecule has 1 fully saturated rings. The molecule has 2 aliphatic heterocycles. The number of hydrogen-bond donors (Lipinski definition) is 0. The SMILES string of the molecule is CCN1CCN([C@@H](c2cc(OC)ccc2OC)c2nnnn2Cc2ccc3c(c2)OCO3)CC1. The molecule has 3 aromatic rings. The first kappa shape index (κ1) is 22.4. The van der Waals surface area contributed by atoms with Crippen molar-refractivity contribution in [2.45, 2.75) is 19.5 Å². The topological polar surface area (TPSA) is 87.0 Å². The zero-order chi connectivity index (χ0) is 23.5. The maximum Gasteiger partial charge on any atom is 0.231 e. The number of nitrogens with zero attached hydrogens (tertiary/aromatic N) is 6. The van der Waals surface area contributed by atoms with Gasteiger partial charge in [-0.25, -0.2) is 4.68 Å². The molecule has 10 heteroatoms. The van der Waals surface area contributed by atoms with Gasteiger partial charge in [0.25, 0.3) is 0 Å². The molecule has 1 aromatic heterocycles. The normalized spacial score (nSPS) is 17.0. The van der Waals surface area contributed by atoms with Gasteiger partial charge in [0, 0.05) is 31.7 Å². The fraction of sp³-hybridized carbons (Fsp3) is 0.458. The second-order valence-electron chi connectivity index (χ2n) is 8.36. The highest BCUT2D eigenvalue weighted by molar-refractivity contribution is 5.46. The van der Waals surface area contributed by atoms with Crippen LogP contribution in [0.1, 0.15) is 29.9 Å². The van der Waals surface area contributed by atoms with E-state index >= 15 is 0 Å². The molecule has 34 heavy (non-hydrogen) atoms. The van der Waals surface area contributed by atoms with Gasteiger partial charge < -0.3 is 23.8 Å². The fourth-order valence-electron chi connectivity index (χ4n) is 4.62. The number of rotatable bonds is 8. The van der Waals surface area contributed by atoms with Gasteiger partial charge in [0.15, 0.2) is 17.3 Å². The molecule has 0 spiro atoms. The molecule has 2 aliphatic rings. The van der Waals surface area contributed by atoms with Crippen LogP contribution in [0.5, 0.6) is 23.0 Å². The predicted octanol–water partition coefficient (Wildman–Crippen LogP) is 2.19. The molecule has 5 rings (SSSR count). The Hall–Kier alpha value is -3.37. The van der Waals surface area contributed by atoms with Crippen molar-refractivity contribution in [2.24, 2.45) is 0 Å². The van der Waals surface area contributed by atoms with Crippen LogP contribution in [0.3, 0.4) is 0 Å². The van der Waals surface area contributed by atoms with Crippen molar-refractivity contribution in [3.63, 3.8) is 0 Å². The number of benzene rings is 2. The lowest BCUT2D eigenvalue weighted by Crippen LogP contribution is -2.48. The largest absolute Gasteiger partial charge is 0.497 e. The van der Waals surface area contributed by atoms with Gasteiger partial charge in [-0.1, -0.05) is 13.0 Å². The highest BCUT2D eigenvalue weighted by Crippen LogP contribution is 2.37. The highest BCUT2D eigenvalue weighted by atomic mass is 16.7. The minimum Gasteiger partial charge on any atom is -0.497 e. The van der Waals surface area contributed by atoms with Crippen LogP contribution in [0.15, 0.2) is 36.4 Å². The maximum absolute atomic E-state index is 5.76. The molecule has 0 N–H and O–H groups in total. The monoisotopic (exact) mass is 466 g/mol. The van der Waals surface area contributed by atoms with Gasteiger partial charge in [-0.15, -0.1) is 5.10 Å². The van der Waals surface area contributed by atoms with Crippen LogP contribution in [0.4, 0.5) is 0 Å². The van der Waals surface area contributed by atoms with Crippen LogP contribution in [0.2, 0.25) is 0 Å². The summed E-state index contributed by atoms with van der Waals surface area (Å²) in [5.74, 6) is 3.81. The molecule has 0 amide bonds. The Labute approximate surface area is 199 Å². The minimum atomic E-state index is -0.187. The molecular formula is C24H30N6O4. The third-order valence-electron chi connectivity index (χ3n) is 6.52. The molecule has 0 aliphatic carbocycles. The van der Waals surface area contributed by atoms with Crippen molar-refractivity contribution in [1.29, 1.82) is 0 Å². The molecule has 1 saturated heterocycles. The molecule has 0 bridgehead atoms. The lowest BCUT2D eigenvalue weighted by molar-refractivity contribution is 0.107. The number of fused-ring (bicyclic) bond motifs is 1. The van der Waals surface area contributed by atoms with E-state index in [0.717, 1.165) is 72.7 Å². The summed E-state index contributed by atoms with van der Waals surface area (Å²) in [5, 5.41) is 12.9. The lowest BCUT2D eigenvalue weighted by Gasteiger charge is -2.38. The molecule has 1 atom stereocenters. The van der Waals surface area contributed by atoms with Crippen LogP contribution >= 0.6 is 0 Å².